The predicted octanol–water partition coefficient (Wildman–Crippen LogP) is 2.76. The molecule has 1 aliphatic rings. The molecule has 2 rings (SSSR count). The van der Waals surface area contributed by atoms with E-state index in [0.717, 1.165) is 6.61 Å². The van der Waals surface area contributed by atoms with Crippen molar-refractivity contribution in [3.63, 3.8) is 0 Å². The highest BCUT2D eigenvalue weighted by Crippen LogP contribution is 2.35. The van der Waals surface area contributed by atoms with Crippen molar-refractivity contribution in [3.8, 4) is 0 Å². The summed E-state index contributed by atoms with van der Waals surface area (Å²) in [6.07, 6.45) is 0. The number of fused-ring (bicyclic) bond motifs is 1. The molecule has 1 aromatic rings. The summed E-state index contributed by atoms with van der Waals surface area (Å²) in [6, 6.07) is 6.53. The van der Waals surface area contributed by atoms with Crippen molar-refractivity contribution in [2.24, 2.45) is 0 Å². The fraction of sp³-hybridized carbons (Fsp3) is 0.455. The van der Waals surface area contributed by atoms with E-state index in [0.29, 0.717) is 0 Å². The summed E-state index contributed by atoms with van der Waals surface area (Å²) >= 11 is 0. The minimum absolute atomic E-state index is 0.0820. The van der Waals surface area contributed by atoms with Gasteiger partial charge in [-0.15, -0.1) is 0 Å². The van der Waals surface area contributed by atoms with Gasteiger partial charge in [0.05, 0.1) is 12.2 Å². The summed E-state index contributed by atoms with van der Waals surface area (Å²) in [5.74, 6) is 0. The Labute approximate surface area is 73.4 Å². The van der Waals surface area contributed by atoms with Crippen molar-refractivity contribution >= 4 is 0 Å². The van der Waals surface area contributed by atoms with Gasteiger partial charge in [0.2, 0.25) is 0 Å². The van der Waals surface area contributed by atoms with Gasteiger partial charge in [0.1, 0.15) is 0 Å². The molecule has 0 aromatic heterocycles. The second-order valence-electron chi connectivity index (χ2n) is 3.96. The summed E-state index contributed by atoms with van der Waals surface area (Å²) < 4.78 is 5.67. The average molecular weight is 162 g/mol. The summed E-state index contributed by atoms with van der Waals surface area (Å²) in [6.45, 7) is 7.13. The van der Waals surface area contributed by atoms with Crippen molar-refractivity contribution in [2.75, 3.05) is 0 Å². The molecule has 12 heavy (non-hydrogen) atoms. The molecule has 0 N–H and O–H groups in total. The van der Waals surface area contributed by atoms with Crippen LogP contribution in [0.4, 0.5) is 0 Å². The first-order chi connectivity index (χ1) is 5.59. The number of hydrogen-bond donors (Lipinski definition) is 0. The Hall–Kier alpha value is -0.820. The van der Waals surface area contributed by atoms with E-state index in [1.54, 1.807) is 0 Å². The molecule has 0 radical (unpaired) electrons. The number of aryl methyl sites for hydroxylation is 1. The van der Waals surface area contributed by atoms with Gasteiger partial charge in [-0.2, -0.15) is 0 Å². The highest BCUT2D eigenvalue weighted by Gasteiger charge is 2.30. The first kappa shape index (κ1) is 7.81. The van der Waals surface area contributed by atoms with E-state index < -0.39 is 0 Å². The van der Waals surface area contributed by atoms with E-state index in [4.69, 9.17) is 4.74 Å². The predicted molar refractivity (Wildman–Crippen MR) is 49.0 cm³/mol. The SMILES string of the molecule is Cc1ccc2c(c1)C(C)(C)OC2. The maximum absolute atomic E-state index is 5.67. The second kappa shape index (κ2) is 2.33. The average Bonchev–Trinajstić information content (AvgIpc) is 2.28. The largest absolute Gasteiger partial charge is 0.366 e. The van der Waals surface area contributed by atoms with Crippen LogP contribution in [-0.4, -0.2) is 0 Å². The molecule has 0 unspecified atom stereocenters. The van der Waals surface area contributed by atoms with Crippen LogP contribution in [0.2, 0.25) is 0 Å². The summed E-state index contributed by atoms with van der Waals surface area (Å²) in [7, 11) is 0. The van der Waals surface area contributed by atoms with Crippen molar-refractivity contribution in [3.05, 3.63) is 34.9 Å². The number of rotatable bonds is 0. The van der Waals surface area contributed by atoms with E-state index in [-0.39, 0.29) is 5.60 Å². The van der Waals surface area contributed by atoms with Gasteiger partial charge in [-0.25, -0.2) is 0 Å². The maximum atomic E-state index is 5.67. The van der Waals surface area contributed by atoms with Crippen LogP contribution in [0.5, 0.6) is 0 Å². The standard InChI is InChI=1S/C11H14O/c1-8-4-5-9-7-12-11(2,3)10(9)6-8/h4-6H,7H2,1-3H3. The Morgan fingerprint density at radius 2 is 2.08 bits per heavy atom. The summed E-state index contributed by atoms with van der Waals surface area (Å²) in [5, 5.41) is 0. The quantitative estimate of drug-likeness (QED) is 0.570. The topological polar surface area (TPSA) is 9.23 Å². The molecule has 0 saturated carbocycles. The molecule has 0 fully saturated rings. The number of benzene rings is 1. The molecule has 0 atom stereocenters. The molecule has 0 saturated heterocycles. The van der Waals surface area contributed by atoms with Gasteiger partial charge in [0.15, 0.2) is 0 Å². The lowest BCUT2D eigenvalue weighted by molar-refractivity contribution is -0.00791. The number of ether oxygens (including phenoxy) is 1. The van der Waals surface area contributed by atoms with Crippen molar-refractivity contribution in [2.45, 2.75) is 33.0 Å². The van der Waals surface area contributed by atoms with Crippen LogP contribution in [0.1, 0.15) is 30.5 Å². The lowest BCUT2D eigenvalue weighted by Crippen LogP contribution is -2.14. The van der Waals surface area contributed by atoms with Gasteiger partial charge in [-0.05, 0) is 31.9 Å². The molecular weight excluding hydrogens is 148 g/mol. The fourth-order valence-electron chi connectivity index (χ4n) is 1.71. The molecule has 64 valence electrons. The van der Waals surface area contributed by atoms with Crippen LogP contribution in [0.15, 0.2) is 18.2 Å². The fourth-order valence-corrected chi connectivity index (χ4v) is 1.71. The number of hydrogen-bond acceptors (Lipinski definition) is 1. The Kier molecular flexibility index (Phi) is 1.52. The zero-order valence-electron chi connectivity index (χ0n) is 7.85. The Bertz CT molecular complexity index is 313. The molecule has 0 aliphatic carbocycles. The normalized spacial score (nSPS) is 19.2. The Balaban J connectivity index is 2.57. The van der Waals surface area contributed by atoms with E-state index in [9.17, 15) is 0 Å². The minimum atomic E-state index is -0.0820. The lowest BCUT2D eigenvalue weighted by Gasteiger charge is -2.18. The molecule has 1 heteroatoms. The lowest BCUT2D eigenvalue weighted by atomic mass is 9.95. The van der Waals surface area contributed by atoms with Gasteiger partial charge in [0.25, 0.3) is 0 Å². The smallest absolute Gasteiger partial charge is 0.0883 e. The van der Waals surface area contributed by atoms with Gasteiger partial charge in [0, 0.05) is 0 Å². The van der Waals surface area contributed by atoms with Gasteiger partial charge in [-0.3, -0.25) is 0 Å². The third-order valence-corrected chi connectivity index (χ3v) is 2.50. The van der Waals surface area contributed by atoms with Crippen molar-refractivity contribution in [1.82, 2.24) is 0 Å². The molecule has 1 aromatic carbocycles. The van der Waals surface area contributed by atoms with Crippen LogP contribution in [0, 0.1) is 6.92 Å². The van der Waals surface area contributed by atoms with Gasteiger partial charge >= 0.3 is 0 Å². The zero-order valence-corrected chi connectivity index (χ0v) is 7.85. The molecule has 1 nitrogen and oxygen atoms in total. The first-order valence-corrected chi connectivity index (χ1v) is 4.33. The van der Waals surface area contributed by atoms with E-state index in [2.05, 4.69) is 39.0 Å². The Morgan fingerprint density at radius 1 is 1.33 bits per heavy atom. The molecule has 1 aliphatic heterocycles. The van der Waals surface area contributed by atoms with Crippen molar-refractivity contribution < 1.29 is 4.74 Å². The Morgan fingerprint density at radius 3 is 2.83 bits per heavy atom. The summed E-state index contributed by atoms with van der Waals surface area (Å²) in [5.41, 5.74) is 3.92. The maximum Gasteiger partial charge on any atom is 0.0883 e. The minimum Gasteiger partial charge on any atom is -0.366 e. The van der Waals surface area contributed by atoms with E-state index in [1.165, 1.54) is 16.7 Å². The molecule has 0 bridgehead atoms. The van der Waals surface area contributed by atoms with Crippen molar-refractivity contribution in [1.29, 1.82) is 0 Å². The molecule has 0 spiro atoms. The van der Waals surface area contributed by atoms with Crippen LogP contribution < -0.4 is 0 Å². The molecular formula is C11H14O. The van der Waals surface area contributed by atoms with Gasteiger partial charge < -0.3 is 4.74 Å². The third-order valence-electron chi connectivity index (χ3n) is 2.50. The van der Waals surface area contributed by atoms with Crippen LogP contribution in [-0.2, 0) is 16.9 Å². The monoisotopic (exact) mass is 162 g/mol. The first-order valence-electron chi connectivity index (χ1n) is 4.33. The third kappa shape index (κ3) is 1.05. The molecule has 1 heterocycles. The van der Waals surface area contributed by atoms with Crippen LogP contribution in [0.3, 0.4) is 0 Å². The van der Waals surface area contributed by atoms with E-state index >= 15 is 0 Å². The zero-order chi connectivity index (χ0) is 8.77. The molecule has 0 amide bonds. The highest BCUT2D eigenvalue weighted by atomic mass is 16.5. The van der Waals surface area contributed by atoms with E-state index in [1.807, 2.05) is 0 Å². The van der Waals surface area contributed by atoms with Crippen LogP contribution >= 0.6 is 0 Å². The second-order valence-corrected chi connectivity index (χ2v) is 3.96. The van der Waals surface area contributed by atoms with Crippen LogP contribution in [0.25, 0.3) is 0 Å². The highest BCUT2D eigenvalue weighted by molar-refractivity contribution is 5.37. The summed E-state index contributed by atoms with van der Waals surface area (Å²) in [4.78, 5) is 0. The van der Waals surface area contributed by atoms with Gasteiger partial charge in [-0.1, -0.05) is 23.8 Å².